The van der Waals surface area contributed by atoms with Crippen molar-refractivity contribution >= 4 is 51.7 Å². The van der Waals surface area contributed by atoms with Crippen LogP contribution >= 0.6 is 11.6 Å². The van der Waals surface area contributed by atoms with Crippen LogP contribution in [0.5, 0.6) is 0 Å². The third-order valence-electron chi connectivity index (χ3n) is 4.08. The van der Waals surface area contributed by atoms with E-state index in [9.17, 15) is 22.8 Å². The minimum absolute atomic E-state index is 0.0287. The average Bonchev–Trinajstić information content (AvgIpc) is 3.24. The third-order valence-corrected chi connectivity index (χ3v) is 4.47. The smallest absolute Gasteiger partial charge is 0.426 e. The second-order valence-corrected chi connectivity index (χ2v) is 6.27. The van der Waals surface area contributed by atoms with Crippen LogP contribution in [-0.2, 0) is 14.3 Å². The zero-order valence-electron chi connectivity index (χ0n) is 14.5. The van der Waals surface area contributed by atoms with Crippen molar-refractivity contribution in [2.45, 2.75) is 12.4 Å². The molecule has 4 heterocycles. The lowest BCUT2D eigenvalue weighted by Gasteiger charge is -2.14. The molecule has 154 valence electrons. The number of halogens is 4. The minimum Gasteiger partial charge on any atom is -0.426 e. The van der Waals surface area contributed by atoms with Gasteiger partial charge in [0.25, 0.3) is 6.23 Å². The Kier molecular flexibility index (Phi) is 4.53. The van der Waals surface area contributed by atoms with E-state index in [0.29, 0.717) is 15.7 Å². The molecule has 4 aromatic rings. The summed E-state index contributed by atoms with van der Waals surface area (Å²) in [5.74, 6) is -2.66. The number of aromatic nitrogens is 6. The summed E-state index contributed by atoms with van der Waals surface area (Å²) in [6, 6.07) is 3.34. The van der Waals surface area contributed by atoms with Crippen molar-refractivity contribution in [3.8, 4) is 11.4 Å². The summed E-state index contributed by atoms with van der Waals surface area (Å²) < 4.78 is 42.7. The number of rotatable bonds is 4. The third kappa shape index (κ3) is 3.08. The first kappa shape index (κ1) is 19.6. The Bertz CT molecular complexity index is 1300. The maximum atomic E-state index is 12.6. The van der Waals surface area contributed by atoms with Crippen molar-refractivity contribution < 1.29 is 27.5 Å². The lowest BCUT2D eigenvalue weighted by Crippen LogP contribution is -2.30. The van der Waals surface area contributed by atoms with Gasteiger partial charge in [-0.3, -0.25) is 4.79 Å². The number of ether oxygens (including phenoxy) is 1. The van der Waals surface area contributed by atoms with Crippen LogP contribution in [0.1, 0.15) is 6.23 Å². The number of carbonyl (C=O) groups excluding carboxylic acids is 2. The van der Waals surface area contributed by atoms with Crippen LogP contribution in [-0.4, -0.2) is 48.1 Å². The quantitative estimate of drug-likeness (QED) is 0.364. The molecule has 0 spiro atoms. The number of H-pyrrole nitrogens is 1. The number of esters is 1. The SMILES string of the molecule is Nc1ncnc2c1c(-c1[nH]c3ncccc3c1Cl)nn2C(C=O)OC(=O)C(F)(F)F. The molecule has 0 radical (unpaired) electrons. The van der Waals surface area contributed by atoms with Gasteiger partial charge in [-0.15, -0.1) is 0 Å². The molecule has 1 atom stereocenters. The Balaban J connectivity index is 1.93. The molecule has 0 fully saturated rings. The second kappa shape index (κ2) is 6.95. The maximum absolute atomic E-state index is 12.6. The molecule has 0 aliphatic rings. The van der Waals surface area contributed by atoms with Gasteiger partial charge in [0.2, 0.25) is 0 Å². The molecular weight excluding hydrogens is 431 g/mol. The number of carbonyl (C=O) groups is 2. The van der Waals surface area contributed by atoms with E-state index in [1.54, 1.807) is 12.1 Å². The van der Waals surface area contributed by atoms with Crippen LogP contribution in [0.15, 0.2) is 24.7 Å². The molecule has 0 aliphatic carbocycles. The van der Waals surface area contributed by atoms with E-state index in [1.165, 1.54) is 6.20 Å². The molecule has 4 rings (SSSR count). The van der Waals surface area contributed by atoms with E-state index < -0.39 is 18.4 Å². The van der Waals surface area contributed by atoms with Crippen molar-refractivity contribution in [3.63, 3.8) is 0 Å². The lowest BCUT2D eigenvalue weighted by atomic mass is 10.2. The monoisotopic (exact) mass is 439 g/mol. The highest BCUT2D eigenvalue weighted by atomic mass is 35.5. The summed E-state index contributed by atoms with van der Waals surface area (Å²) in [5.41, 5.74) is 6.41. The number of hydrogen-bond donors (Lipinski definition) is 2. The van der Waals surface area contributed by atoms with Crippen LogP contribution in [0.25, 0.3) is 33.5 Å². The standard InChI is InChI=1S/C16H9ClF3N7O3/c17-9-6-2-1-3-22-13(6)25-11(9)10-8-12(21)23-5-24-14(8)27(26-10)7(4-28)30-15(29)16(18,19)20/h1-5,7H,(H,22,25)(H2,21,23,24). The topological polar surface area (TPSA) is 142 Å². The Labute approximate surface area is 168 Å². The highest BCUT2D eigenvalue weighted by Gasteiger charge is 2.43. The summed E-state index contributed by atoms with van der Waals surface area (Å²) in [6.45, 7) is 0. The van der Waals surface area contributed by atoms with Gasteiger partial charge < -0.3 is 15.5 Å². The lowest BCUT2D eigenvalue weighted by molar-refractivity contribution is -0.208. The van der Waals surface area contributed by atoms with Gasteiger partial charge in [0.05, 0.1) is 16.1 Å². The Morgan fingerprint density at radius 2 is 2.10 bits per heavy atom. The summed E-state index contributed by atoms with van der Waals surface area (Å²) in [6.07, 6.45) is -4.88. The Morgan fingerprint density at radius 3 is 2.77 bits per heavy atom. The highest BCUT2D eigenvalue weighted by molar-refractivity contribution is 6.38. The summed E-state index contributed by atoms with van der Waals surface area (Å²) >= 11 is 6.41. The molecule has 3 N–H and O–H groups in total. The van der Waals surface area contributed by atoms with Crippen LogP contribution < -0.4 is 5.73 Å². The number of nitrogens with two attached hydrogens (primary N) is 1. The fourth-order valence-corrected chi connectivity index (χ4v) is 3.10. The molecule has 1 unspecified atom stereocenters. The van der Waals surface area contributed by atoms with E-state index >= 15 is 0 Å². The van der Waals surface area contributed by atoms with E-state index in [0.717, 1.165) is 6.33 Å². The number of nitrogens with zero attached hydrogens (tertiary/aromatic N) is 5. The molecule has 0 aromatic carbocycles. The Hall–Kier alpha value is -3.74. The molecule has 10 nitrogen and oxygen atoms in total. The number of nitrogen functional groups attached to an aromatic ring is 1. The molecule has 0 bridgehead atoms. The van der Waals surface area contributed by atoms with Crippen molar-refractivity contribution in [2.24, 2.45) is 0 Å². The van der Waals surface area contributed by atoms with Gasteiger partial charge in [-0.2, -0.15) is 23.0 Å². The van der Waals surface area contributed by atoms with Gasteiger partial charge in [-0.1, -0.05) is 11.6 Å². The zero-order chi connectivity index (χ0) is 21.6. The van der Waals surface area contributed by atoms with Crippen molar-refractivity contribution in [3.05, 3.63) is 29.7 Å². The first-order valence-electron chi connectivity index (χ1n) is 8.06. The molecule has 0 amide bonds. The fraction of sp³-hybridized carbons (Fsp3) is 0.125. The minimum atomic E-state index is -5.31. The van der Waals surface area contributed by atoms with Crippen molar-refractivity contribution in [1.82, 2.24) is 29.7 Å². The molecular formula is C16H9ClF3N7O3. The number of anilines is 1. The van der Waals surface area contributed by atoms with Crippen LogP contribution in [0, 0.1) is 0 Å². The number of pyridine rings is 1. The number of nitrogens with one attached hydrogen (secondary N) is 1. The normalized spacial score (nSPS) is 12.9. The van der Waals surface area contributed by atoms with E-state index in [1.807, 2.05) is 0 Å². The zero-order valence-corrected chi connectivity index (χ0v) is 15.3. The first-order valence-corrected chi connectivity index (χ1v) is 8.44. The number of aldehydes is 1. The van der Waals surface area contributed by atoms with Gasteiger partial charge >= 0.3 is 12.1 Å². The molecule has 0 saturated heterocycles. The summed E-state index contributed by atoms with van der Waals surface area (Å²) in [5, 5.41) is 4.92. The summed E-state index contributed by atoms with van der Waals surface area (Å²) in [4.78, 5) is 37.5. The fourth-order valence-electron chi connectivity index (χ4n) is 2.81. The van der Waals surface area contributed by atoms with Gasteiger partial charge in [-0.05, 0) is 12.1 Å². The van der Waals surface area contributed by atoms with E-state index in [4.69, 9.17) is 17.3 Å². The highest BCUT2D eigenvalue weighted by Crippen LogP contribution is 2.38. The second-order valence-electron chi connectivity index (χ2n) is 5.89. The molecule has 0 aliphatic heterocycles. The van der Waals surface area contributed by atoms with E-state index in [2.05, 4.69) is 29.8 Å². The molecule has 0 saturated carbocycles. The summed E-state index contributed by atoms with van der Waals surface area (Å²) in [7, 11) is 0. The molecule has 30 heavy (non-hydrogen) atoms. The van der Waals surface area contributed by atoms with Crippen LogP contribution in [0.3, 0.4) is 0 Å². The average molecular weight is 440 g/mol. The van der Waals surface area contributed by atoms with Crippen molar-refractivity contribution in [2.75, 3.05) is 5.73 Å². The van der Waals surface area contributed by atoms with Gasteiger partial charge in [0, 0.05) is 11.6 Å². The van der Waals surface area contributed by atoms with Crippen LogP contribution in [0.4, 0.5) is 19.0 Å². The first-order chi connectivity index (χ1) is 14.2. The largest absolute Gasteiger partial charge is 0.491 e. The molecule has 14 heteroatoms. The number of alkyl halides is 3. The Morgan fingerprint density at radius 1 is 1.33 bits per heavy atom. The van der Waals surface area contributed by atoms with Gasteiger partial charge in [0.15, 0.2) is 11.9 Å². The number of fused-ring (bicyclic) bond motifs is 2. The van der Waals surface area contributed by atoms with Crippen LogP contribution in [0.2, 0.25) is 5.02 Å². The predicted octanol–water partition coefficient (Wildman–Crippen LogP) is 2.41. The molecule has 4 aromatic heterocycles. The van der Waals surface area contributed by atoms with Crippen molar-refractivity contribution in [1.29, 1.82) is 0 Å². The number of hydrogen-bond acceptors (Lipinski definition) is 8. The maximum Gasteiger partial charge on any atom is 0.491 e. The predicted molar refractivity (Wildman–Crippen MR) is 97.1 cm³/mol. The van der Waals surface area contributed by atoms with E-state index in [-0.39, 0.29) is 39.5 Å². The van der Waals surface area contributed by atoms with Gasteiger partial charge in [-0.25, -0.2) is 19.7 Å². The number of aromatic amines is 1. The van der Waals surface area contributed by atoms with Gasteiger partial charge in [0.1, 0.15) is 23.5 Å².